The highest BCUT2D eigenvalue weighted by atomic mass is 16.3. The summed E-state index contributed by atoms with van der Waals surface area (Å²) >= 11 is 0. The van der Waals surface area contributed by atoms with Crippen LogP contribution in [0.1, 0.15) is 77.0 Å². The van der Waals surface area contributed by atoms with Crippen LogP contribution in [0.3, 0.4) is 0 Å². The molecule has 0 aromatic heterocycles. The Morgan fingerprint density at radius 3 is 1.92 bits per heavy atom. The van der Waals surface area contributed by atoms with E-state index in [4.69, 9.17) is 5.11 Å². The van der Waals surface area contributed by atoms with Gasteiger partial charge in [-0.15, -0.1) is 0 Å². The minimum Gasteiger partial charge on any atom is -0.396 e. The van der Waals surface area contributed by atoms with Crippen LogP contribution in [0, 0.1) is 11.8 Å². The molecule has 4 heteroatoms. The highest BCUT2D eigenvalue weighted by molar-refractivity contribution is 4.77. The van der Waals surface area contributed by atoms with Gasteiger partial charge in [0.15, 0.2) is 0 Å². The summed E-state index contributed by atoms with van der Waals surface area (Å²) < 4.78 is 0. The molecule has 0 aliphatic heterocycles. The maximum Gasteiger partial charge on any atom is 0.117 e. The van der Waals surface area contributed by atoms with Crippen molar-refractivity contribution >= 4 is 0 Å². The van der Waals surface area contributed by atoms with E-state index < -0.39 is 6.23 Å². The van der Waals surface area contributed by atoms with E-state index >= 15 is 0 Å². The van der Waals surface area contributed by atoms with Gasteiger partial charge in [-0.1, -0.05) is 38.5 Å². The standard InChI is InChI=1S/C20H40N2O2/c23-14-8-2-1-7-13-21-20(24)17-22(15-18-9-3-4-10-18)16-19-11-5-6-12-19/h18-21,23-24H,1-17H2. The van der Waals surface area contributed by atoms with Crippen molar-refractivity contribution in [1.82, 2.24) is 10.2 Å². The van der Waals surface area contributed by atoms with Crippen LogP contribution in [0.15, 0.2) is 0 Å². The molecule has 1 atom stereocenters. The maximum absolute atomic E-state index is 10.4. The monoisotopic (exact) mass is 340 g/mol. The van der Waals surface area contributed by atoms with Gasteiger partial charge in [-0.3, -0.25) is 10.2 Å². The molecular weight excluding hydrogens is 300 g/mol. The van der Waals surface area contributed by atoms with Crippen molar-refractivity contribution < 1.29 is 10.2 Å². The largest absolute Gasteiger partial charge is 0.396 e. The Kier molecular flexibility index (Phi) is 10.3. The second kappa shape index (κ2) is 12.2. The lowest BCUT2D eigenvalue weighted by Gasteiger charge is -2.30. The Balaban J connectivity index is 1.65. The first-order valence-corrected chi connectivity index (χ1v) is 10.5. The molecule has 2 rings (SSSR count). The zero-order valence-electron chi connectivity index (χ0n) is 15.6. The smallest absolute Gasteiger partial charge is 0.117 e. The van der Waals surface area contributed by atoms with Crippen LogP contribution in [-0.2, 0) is 0 Å². The summed E-state index contributed by atoms with van der Waals surface area (Å²) in [5, 5.41) is 22.5. The highest BCUT2D eigenvalue weighted by Gasteiger charge is 2.24. The Bertz CT molecular complexity index is 284. The molecule has 2 saturated carbocycles. The summed E-state index contributed by atoms with van der Waals surface area (Å²) in [6, 6.07) is 0. The zero-order chi connectivity index (χ0) is 17.0. The normalized spacial score (nSPS) is 21.1. The molecule has 0 aromatic rings. The lowest BCUT2D eigenvalue weighted by molar-refractivity contribution is 0.0700. The van der Waals surface area contributed by atoms with Crippen LogP contribution in [0.25, 0.3) is 0 Å². The van der Waals surface area contributed by atoms with Gasteiger partial charge in [-0.2, -0.15) is 0 Å². The summed E-state index contributed by atoms with van der Waals surface area (Å²) in [7, 11) is 0. The molecule has 0 radical (unpaired) electrons. The average Bonchev–Trinajstić information content (AvgIpc) is 3.24. The quantitative estimate of drug-likeness (QED) is 0.356. The fourth-order valence-corrected chi connectivity index (χ4v) is 4.51. The number of hydrogen-bond donors (Lipinski definition) is 3. The van der Waals surface area contributed by atoms with E-state index in [-0.39, 0.29) is 0 Å². The summed E-state index contributed by atoms with van der Waals surface area (Å²) in [4.78, 5) is 2.55. The van der Waals surface area contributed by atoms with Crippen LogP contribution < -0.4 is 5.32 Å². The molecule has 2 fully saturated rings. The predicted octanol–water partition coefficient (Wildman–Crippen LogP) is 3.13. The Hall–Kier alpha value is -0.160. The predicted molar refractivity (Wildman–Crippen MR) is 99.9 cm³/mol. The fourth-order valence-electron chi connectivity index (χ4n) is 4.51. The van der Waals surface area contributed by atoms with Crippen LogP contribution in [0.2, 0.25) is 0 Å². The summed E-state index contributed by atoms with van der Waals surface area (Å²) in [6.45, 7) is 4.34. The van der Waals surface area contributed by atoms with Crippen molar-refractivity contribution in [3.63, 3.8) is 0 Å². The highest BCUT2D eigenvalue weighted by Crippen LogP contribution is 2.28. The summed E-state index contributed by atoms with van der Waals surface area (Å²) in [5.74, 6) is 1.72. The molecule has 2 aliphatic carbocycles. The third-order valence-corrected chi connectivity index (χ3v) is 5.88. The number of nitrogens with one attached hydrogen (secondary N) is 1. The first kappa shape index (κ1) is 20.2. The topological polar surface area (TPSA) is 55.7 Å². The van der Waals surface area contributed by atoms with Crippen LogP contribution in [-0.4, -0.2) is 54.1 Å². The molecular formula is C20H40N2O2. The second-order valence-corrected chi connectivity index (χ2v) is 8.13. The average molecular weight is 341 g/mol. The van der Waals surface area contributed by atoms with E-state index in [1.54, 1.807) is 0 Å². The molecule has 0 aromatic carbocycles. The van der Waals surface area contributed by atoms with Gasteiger partial charge in [-0.05, 0) is 56.9 Å². The van der Waals surface area contributed by atoms with Gasteiger partial charge in [0, 0.05) is 26.2 Å². The van der Waals surface area contributed by atoms with Crippen molar-refractivity contribution in [1.29, 1.82) is 0 Å². The number of hydrogen-bond acceptors (Lipinski definition) is 4. The number of rotatable bonds is 13. The van der Waals surface area contributed by atoms with Crippen molar-refractivity contribution in [3.8, 4) is 0 Å². The molecule has 0 bridgehead atoms. The molecule has 0 saturated heterocycles. The Labute approximate surface area is 149 Å². The maximum atomic E-state index is 10.4. The van der Waals surface area contributed by atoms with Gasteiger partial charge in [-0.25, -0.2) is 0 Å². The minimum atomic E-state index is -0.398. The van der Waals surface area contributed by atoms with Gasteiger partial charge in [0.1, 0.15) is 6.23 Å². The van der Waals surface area contributed by atoms with Gasteiger partial charge in [0.25, 0.3) is 0 Å². The first-order chi connectivity index (χ1) is 11.8. The molecule has 3 N–H and O–H groups in total. The molecule has 142 valence electrons. The van der Waals surface area contributed by atoms with E-state index in [1.165, 1.54) is 64.5 Å². The lowest BCUT2D eigenvalue weighted by Crippen LogP contribution is -2.44. The second-order valence-electron chi connectivity index (χ2n) is 8.13. The van der Waals surface area contributed by atoms with E-state index in [2.05, 4.69) is 10.2 Å². The van der Waals surface area contributed by atoms with Crippen LogP contribution in [0.4, 0.5) is 0 Å². The van der Waals surface area contributed by atoms with Gasteiger partial charge in [0.05, 0.1) is 0 Å². The SMILES string of the molecule is OCCCCCCNC(O)CN(CC1CCCC1)CC1CCCC1. The van der Waals surface area contributed by atoms with Crippen molar-refractivity contribution in [2.75, 3.05) is 32.8 Å². The third-order valence-electron chi connectivity index (χ3n) is 5.88. The van der Waals surface area contributed by atoms with E-state index in [9.17, 15) is 5.11 Å². The lowest BCUT2D eigenvalue weighted by atomic mass is 10.0. The summed E-state index contributed by atoms with van der Waals surface area (Å²) in [5.41, 5.74) is 0. The van der Waals surface area contributed by atoms with Crippen LogP contribution >= 0.6 is 0 Å². The van der Waals surface area contributed by atoms with Gasteiger partial charge < -0.3 is 10.2 Å². The van der Waals surface area contributed by atoms with E-state index in [1.807, 2.05) is 0 Å². The number of nitrogens with zero attached hydrogens (tertiary/aromatic N) is 1. The van der Waals surface area contributed by atoms with E-state index in [0.717, 1.165) is 50.6 Å². The van der Waals surface area contributed by atoms with Crippen LogP contribution in [0.5, 0.6) is 0 Å². The molecule has 24 heavy (non-hydrogen) atoms. The van der Waals surface area contributed by atoms with Gasteiger partial charge in [0.2, 0.25) is 0 Å². The minimum absolute atomic E-state index is 0.299. The van der Waals surface area contributed by atoms with Crippen molar-refractivity contribution in [2.45, 2.75) is 83.3 Å². The van der Waals surface area contributed by atoms with E-state index in [0.29, 0.717) is 6.61 Å². The fraction of sp³-hybridized carbons (Fsp3) is 1.00. The Morgan fingerprint density at radius 1 is 0.833 bits per heavy atom. The third kappa shape index (κ3) is 8.28. The molecule has 4 nitrogen and oxygen atoms in total. The number of unbranched alkanes of at least 4 members (excludes halogenated alkanes) is 3. The van der Waals surface area contributed by atoms with Gasteiger partial charge >= 0.3 is 0 Å². The number of aliphatic hydroxyl groups is 2. The zero-order valence-corrected chi connectivity index (χ0v) is 15.6. The molecule has 0 spiro atoms. The molecule has 0 heterocycles. The summed E-state index contributed by atoms with van der Waals surface area (Å²) in [6.07, 6.45) is 14.9. The number of aliphatic hydroxyl groups excluding tert-OH is 2. The van der Waals surface area contributed by atoms with Crippen molar-refractivity contribution in [2.24, 2.45) is 11.8 Å². The van der Waals surface area contributed by atoms with Crippen molar-refractivity contribution in [3.05, 3.63) is 0 Å². The Morgan fingerprint density at radius 2 is 1.38 bits per heavy atom. The molecule has 1 unspecified atom stereocenters. The first-order valence-electron chi connectivity index (χ1n) is 10.5. The molecule has 2 aliphatic rings. The molecule has 0 amide bonds.